The number of benzene rings is 2. The van der Waals surface area contributed by atoms with Gasteiger partial charge in [-0.3, -0.25) is 0 Å². The van der Waals surface area contributed by atoms with Crippen molar-refractivity contribution in [2.24, 2.45) is 0 Å². The fourth-order valence-corrected chi connectivity index (χ4v) is 1.51. The second kappa shape index (κ2) is 3.93. The molecule has 0 spiro atoms. The summed E-state index contributed by atoms with van der Waals surface area (Å²) < 4.78 is 28.0. The molecule has 0 aromatic heterocycles. The van der Waals surface area contributed by atoms with Crippen LogP contribution in [0.4, 0.5) is 14.5 Å². The lowest BCUT2D eigenvalue weighted by atomic mass is 10.0. The van der Waals surface area contributed by atoms with E-state index in [2.05, 4.69) is 0 Å². The van der Waals surface area contributed by atoms with E-state index in [1.54, 1.807) is 18.2 Å². The van der Waals surface area contributed by atoms with Crippen LogP contribution in [0.5, 0.6) is 0 Å². The molecule has 2 aromatic rings. The van der Waals surface area contributed by atoms with E-state index in [4.69, 9.17) is 5.73 Å². The molecule has 0 saturated heterocycles. The Bertz CT molecular complexity index is 463. The molecule has 2 rings (SSSR count). The van der Waals surface area contributed by atoms with E-state index < -0.39 is 5.92 Å². The first kappa shape index (κ1) is 10.6. The highest BCUT2D eigenvalue weighted by Crippen LogP contribution is 2.35. The van der Waals surface area contributed by atoms with Gasteiger partial charge in [-0.2, -0.15) is 8.78 Å². The van der Waals surface area contributed by atoms with Crippen molar-refractivity contribution in [1.82, 2.24) is 0 Å². The number of halogens is 2. The molecule has 2 N–H and O–H groups in total. The second-order valence-corrected chi connectivity index (χ2v) is 3.56. The number of rotatable bonds is 2. The van der Waals surface area contributed by atoms with Crippen LogP contribution in [0.2, 0.25) is 0 Å². The summed E-state index contributed by atoms with van der Waals surface area (Å²) in [5.74, 6) is -2.98. The van der Waals surface area contributed by atoms with Gasteiger partial charge in [-0.25, -0.2) is 0 Å². The number of hydrogen-bond acceptors (Lipinski definition) is 1. The maximum absolute atomic E-state index is 14.0. The van der Waals surface area contributed by atoms with Gasteiger partial charge < -0.3 is 5.73 Å². The maximum Gasteiger partial charge on any atom is 0.298 e. The van der Waals surface area contributed by atoms with Crippen LogP contribution in [-0.4, -0.2) is 0 Å². The van der Waals surface area contributed by atoms with Crippen molar-refractivity contribution in [2.75, 3.05) is 5.73 Å². The van der Waals surface area contributed by atoms with Gasteiger partial charge in [0.15, 0.2) is 0 Å². The van der Waals surface area contributed by atoms with Crippen LogP contribution in [0.25, 0.3) is 0 Å². The topological polar surface area (TPSA) is 26.0 Å². The van der Waals surface area contributed by atoms with E-state index in [1.807, 2.05) is 0 Å². The maximum atomic E-state index is 14.0. The summed E-state index contributed by atoms with van der Waals surface area (Å²) >= 11 is 0. The largest absolute Gasteiger partial charge is 0.399 e. The second-order valence-electron chi connectivity index (χ2n) is 3.56. The molecule has 0 amide bonds. The fourth-order valence-electron chi connectivity index (χ4n) is 1.51. The smallest absolute Gasteiger partial charge is 0.298 e. The van der Waals surface area contributed by atoms with Crippen LogP contribution in [0.15, 0.2) is 54.6 Å². The van der Waals surface area contributed by atoms with Crippen molar-refractivity contribution in [2.45, 2.75) is 5.92 Å². The van der Waals surface area contributed by atoms with Crippen molar-refractivity contribution in [3.63, 3.8) is 0 Å². The Morgan fingerprint density at radius 1 is 0.750 bits per heavy atom. The van der Waals surface area contributed by atoms with E-state index in [1.165, 1.54) is 36.4 Å². The molecule has 0 fully saturated rings. The molecule has 0 aliphatic carbocycles. The molecule has 0 saturated carbocycles. The van der Waals surface area contributed by atoms with Gasteiger partial charge in [0, 0.05) is 16.8 Å². The van der Waals surface area contributed by atoms with Gasteiger partial charge in [0.1, 0.15) is 0 Å². The molecule has 82 valence electrons. The molecule has 2 aromatic carbocycles. The predicted molar refractivity (Wildman–Crippen MR) is 60.3 cm³/mol. The van der Waals surface area contributed by atoms with E-state index >= 15 is 0 Å². The highest BCUT2D eigenvalue weighted by Gasteiger charge is 2.33. The van der Waals surface area contributed by atoms with Gasteiger partial charge in [-0.1, -0.05) is 42.5 Å². The molecular weight excluding hydrogens is 208 g/mol. The third kappa shape index (κ3) is 1.89. The fraction of sp³-hybridized carbons (Fsp3) is 0.0769. The monoisotopic (exact) mass is 219 g/mol. The van der Waals surface area contributed by atoms with Crippen LogP contribution >= 0.6 is 0 Å². The Balaban J connectivity index is 2.43. The van der Waals surface area contributed by atoms with Gasteiger partial charge in [0.25, 0.3) is 5.92 Å². The third-order valence-electron chi connectivity index (χ3n) is 2.41. The van der Waals surface area contributed by atoms with Crippen molar-refractivity contribution >= 4 is 5.69 Å². The summed E-state index contributed by atoms with van der Waals surface area (Å²) in [6.45, 7) is 0. The average molecular weight is 219 g/mol. The van der Waals surface area contributed by atoms with Crippen LogP contribution in [-0.2, 0) is 5.92 Å². The normalized spacial score (nSPS) is 11.4. The van der Waals surface area contributed by atoms with E-state index in [-0.39, 0.29) is 11.1 Å². The van der Waals surface area contributed by atoms with Crippen LogP contribution in [0, 0.1) is 0 Å². The van der Waals surface area contributed by atoms with Gasteiger partial charge >= 0.3 is 0 Å². The lowest BCUT2D eigenvalue weighted by molar-refractivity contribution is 0.0428. The summed E-state index contributed by atoms with van der Waals surface area (Å²) in [6, 6.07) is 13.4. The average Bonchev–Trinajstić information content (AvgIpc) is 2.31. The first-order valence-corrected chi connectivity index (χ1v) is 4.90. The number of nitrogens with two attached hydrogens (primary N) is 1. The SMILES string of the molecule is Nc1ccc(C(F)(F)c2ccccc2)cc1. The van der Waals surface area contributed by atoms with Crippen molar-refractivity contribution < 1.29 is 8.78 Å². The van der Waals surface area contributed by atoms with Gasteiger partial charge in [0.05, 0.1) is 0 Å². The zero-order chi connectivity index (χ0) is 11.6. The molecule has 0 unspecified atom stereocenters. The Morgan fingerprint density at radius 2 is 1.25 bits per heavy atom. The zero-order valence-electron chi connectivity index (χ0n) is 8.53. The summed E-state index contributed by atoms with van der Waals surface area (Å²) in [6.07, 6.45) is 0. The van der Waals surface area contributed by atoms with Crippen molar-refractivity contribution in [3.05, 3.63) is 65.7 Å². The summed E-state index contributed by atoms with van der Waals surface area (Å²) in [5, 5.41) is 0. The minimum atomic E-state index is -2.98. The predicted octanol–water partition coefficient (Wildman–Crippen LogP) is 3.41. The molecule has 3 heteroatoms. The molecule has 1 nitrogen and oxygen atoms in total. The van der Waals surface area contributed by atoms with Crippen LogP contribution in [0.3, 0.4) is 0 Å². The van der Waals surface area contributed by atoms with E-state index in [0.29, 0.717) is 5.69 Å². The molecule has 0 bridgehead atoms. The van der Waals surface area contributed by atoms with Gasteiger partial charge in [0.2, 0.25) is 0 Å². The van der Waals surface area contributed by atoms with Crippen molar-refractivity contribution in [1.29, 1.82) is 0 Å². The minimum Gasteiger partial charge on any atom is -0.399 e. The molecule has 0 atom stereocenters. The highest BCUT2D eigenvalue weighted by atomic mass is 19.3. The summed E-state index contributed by atoms with van der Waals surface area (Å²) in [7, 11) is 0. The Hall–Kier alpha value is -1.90. The van der Waals surface area contributed by atoms with E-state index in [9.17, 15) is 8.78 Å². The lowest BCUT2D eigenvalue weighted by Gasteiger charge is -2.17. The highest BCUT2D eigenvalue weighted by molar-refractivity contribution is 5.43. The quantitative estimate of drug-likeness (QED) is 0.769. The third-order valence-corrected chi connectivity index (χ3v) is 2.41. The summed E-state index contributed by atoms with van der Waals surface area (Å²) in [4.78, 5) is 0. The molecule has 0 heterocycles. The van der Waals surface area contributed by atoms with Crippen LogP contribution < -0.4 is 5.73 Å². The minimum absolute atomic E-state index is 0.0141. The van der Waals surface area contributed by atoms with E-state index in [0.717, 1.165) is 0 Å². The van der Waals surface area contributed by atoms with Gasteiger partial charge in [-0.15, -0.1) is 0 Å². The summed E-state index contributed by atoms with van der Waals surface area (Å²) in [5.41, 5.74) is 5.88. The number of alkyl halides is 2. The lowest BCUT2D eigenvalue weighted by Crippen LogP contribution is -2.14. The molecule has 0 aliphatic rings. The molecule has 0 radical (unpaired) electrons. The molecule has 16 heavy (non-hydrogen) atoms. The standard InChI is InChI=1S/C13H11F2N/c14-13(15,10-4-2-1-3-5-10)11-6-8-12(16)9-7-11/h1-9H,16H2. The Kier molecular flexibility index (Phi) is 2.60. The van der Waals surface area contributed by atoms with Crippen molar-refractivity contribution in [3.8, 4) is 0 Å². The number of hydrogen-bond donors (Lipinski definition) is 1. The zero-order valence-corrected chi connectivity index (χ0v) is 8.53. The number of nitrogen functional groups attached to an aromatic ring is 1. The molecular formula is C13H11F2N. The molecule has 0 aliphatic heterocycles. The Labute approximate surface area is 92.5 Å². The number of anilines is 1. The van der Waals surface area contributed by atoms with Crippen LogP contribution in [0.1, 0.15) is 11.1 Å². The van der Waals surface area contributed by atoms with Gasteiger partial charge in [-0.05, 0) is 12.1 Å². The first-order valence-electron chi connectivity index (χ1n) is 4.90. The Morgan fingerprint density at radius 3 is 1.81 bits per heavy atom. The first-order chi connectivity index (χ1) is 7.60.